The molecule has 9 heteroatoms. The van der Waals surface area contributed by atoms with Crippen molar-refractivity contribution in [2.24, 2.45) is 17.6 Å². The average Bonchev–Trinajstić information content (AvgIpc) is 2.68. The van der Waals surface area contributed by atoms with Gasteiger partial charge in [-0.25, -0.2) is 0 Å². The second-order valence-corrected chi connectivity index (χ2v) is 8.70. The zero-order chi connectivity index (χ0) is 23.0. The first-order valence-electron chi connectivity index (χ1n) is 9.91. The zero-order valence-electron chi connectivity index (χ0n) is 17.3. The van der Waals surface area contributed by atoms with Gasteiger partial charge in [0.15, 0.2) is 11.4 Å². The van der Waals surface area contributed by atoms with E-state index in [1.165, 1.54) is 11.0 Å². The third-order valence-electron chi connectivity index (χ3n) is 6.96. The largest absolute Gasteiger partial charge is 0.508 e. The van der Waals surface area contributed by atoms with Gasteiger partial charge in [-0.2, -0.15) is 0 Å². The second kappa shape index (κ2) is 6.66. The van der Waals surface area contributed by atoms with Gasteiger partial charge in [-0.05, 0) is 44.0 Å². The van der Waals surface area contributed by atoms with Gasteiger partial charge in [0.2, 0.25) is 5.78 Å². The van der Waals surface area contributed by atoms with Gasteiger partial charge in [0, 0.05) is 11.5 Å². The smallest absolute Gasteiger partial charge is 0.255 e. The number of phenols is 1. The number of hydrogen-bond donors (Lipinski definition) is 5. The molecule has 0 aromatic heterocycles. The molecule has 3 aliphatic rings. The first-order chi connectivity index (χ1) is 14.4. The Hall–Kier alpha value is -3.17. The van der Waals surface area contributed by atoms with E-state index in [0.717, 1.165) is 0 Å². The summed E-state index contributed by atoms with van der Waals surface area (Å²) < 4.78 is 0. The number of primary amides is 1. The number of hydrogen-bond acceptors (Lipinski definition) is 8. The van der Waals surface area contributed by atoms with Crippen molar-refractivity contribution in [3.05, 3.63) is 46.2 Å². The van der Waals surface area contributed by atoms with Gasteiger partial charge in [-0.1, -0.05) is 19.1 Å². The number of amides is 1. The van der Waals surface area contributed by atoms with Crippen LogP contribution in [0.25, 0.3) is 5.76 Å². The summed E-state index contributed by atoms with van der Waals surface area (Å²) in [6, 6.07) is 3.64. The third-order valence-corrected chi connectivity index (χ3v) is 6.96. The van der Waals surface area contributed by atoms with Gasteiger partial charge in [-0.3, -0.25) is 19.3 Å². The first kappa shape index (κ1) is 21.1. The lowest BCUT2D eigenvalue weighted by Crippen LogP contribution is -2.65. The van der Waals surface area contributed by atoms with Gasteiger partial charge < -0.3 is 26.2 Å². The van der Waals surface area contributed by atoms with Crippen molar-refractivity contribution >= 4 is 23.2 Å². The highest BCUT2D eigenvalue weighted by Crippen LogP contribution is 2.55. The summed E-state index contributed by atoms with van der Waals surface area (Å²) in [7, 11) is 3.13. The highest BCUT2D eigenvalue weighted by molar-refractivity contribution is 6.24. The fourth-order valence-electron chi connectivity index (χ4n) is 5.50. The van der Waals surface area contributed by atoms with Crippen LogP contribution in [-0.2, 0) is 14.4 Å². The molecule has 6 N–H and O–H groups in total. The highest BCUT2D eigenvalue weighted by atomic mass is 16.3. The molecule has 0 heterocycles. The number of aliphatic hydroxyl groups is 3. The molecule has 31 heavy (non-hydrogen) atoms. The summed E-state index contributed by atoms with van der Waals surface area (Å²) >= 11 is 0. The van der Waals surface area contributed by atoms with E-state index in [0.29, 0.717) is 5.56 Å². The van der Waals surface area contributed by atoms with Crippen LogP contribution in [0.1, 0.15) is 30.4 Å². The average molecular weight is 428 g/mol. The maximum absolute atomic E-state index is 13.6. The minimum absolute atomic E-state index is 0.0720. The molecule has 9 nitrogen and oxygen atoms in total. The van der Waals surface area contributed by atoms with E-state index in [-0.39, 0.29) is 29.2 Å². The Morgan fingerprint density at radius 2 is 1.84 bits per heavy atom. The maximum Gasteiger partial charge on any atom is 0.255 e. The number of Topliss-reactive ketones (excluding diaryl/α,β-unsaturated/α-hetero) is 2. The quantitative estimate of drug-likeness (QED) is 0.426. The van der Waals surface area contributed by atoms with Crippen molar-refractivity contribution in [2.75, 3.05) is 14.1 Å². The molecule has 5 atom stereocenters. The molecule has 1 fully saturated rings. The summed E-state index contributed by atoms with van der Waals surface area (Å²) in [5.74, 6) is -6.82. The lowest BCUT2D eigenvalue weighted by Gasteiger charge is -2.51. The van der Waals surface area contributed by atoms with Crippen molar-refractivity contribution in [2.45, 2.75) is 30.9 Å². The van der Waals surface area contributed by atoms with E-state index in [2.05, 4.69) is 0 Å². The lowest BCUT2D eigenvalue weighted by atomic mass is 9.55. The number of fused-ring (bicyclic) bond motifs is 3. The van der Waals surface area contributed by atoms with Crippen molar-refractivity contribution in [3.63, 3.8) is 0 Å². The Labute approximate surface area is 178 Å². The number of nitrogens with two attached hydrogens (primary N) is 1. The van der Waals surface area contributed by atoms with Crippen LogP contribution in [0.3, 0.4) is 0 Å². The number of phenolic OH excluding ortho intramolecular Hbond substituents is 1. The van der Waals surface area contributed by atoms with Crippen LogP contribution in [0, 0.1) is 11.8 Å². The first-order valence-corrected chi connectivity index (χ1v) is 9.91. The Morgan fingerprint density at radius 1 is 1.19 bits per heavy atom. The molecular formula is C22H24N2O7. The Balaban J connectivity index is 2.01. The number of ketones is 2. The summed E-state index contributed by atoms with van der Waals surface area (Å²) in [4.78, 5) is 40.0. The zero-order valence-corrected chi connectivity index (χ0v) is 17.3. The molecule has 0 saturated heterocycles. The van der Waals surface area contributed by atoms with Crippen molar-refractivity contribution in [1.82, 2.24) is 4.90 Å². The van der Waals surface area contributed by atoms with Crippen LogP contribution >= 0.6 is 0 Å². The molecule has 1 saturated carbocycles. The van der Waals surface area contributed by atoms with E-state index in [4.69, 9.17) is 5.73 Å². The molecule has 1 aromatic rings. The number of benzene rings is 1. The van der Waals surface area contributed by atoms with E-state index < -0.39 is 58.0 Å². The molecule has 3 aliphatic carbocycles. The predicted molar refractivity (Wildman–Crippen MR) is 109 cm³/mol. The molecule has 164 valence electrons. The fourth-order valence-corrected chi connectivity index (χ4v) is 5.50. The summed E-state index contributed by atoms with van der Waals surface area (Å²) in [6.07, 6.45) is 0.0720. The van der Waals surface area contributed by atoms with E-state index in [1.807, 2.05) is 6.92 Å². The molecular weight excluding hydrogens is 404 g/mol. The number of carbonyl (C=O) groups is 3. The minimum Gasteiger partial charge on any atom is -0.508 e. The molecule has 1 amide bonds. The van der Waals surface area contributed by atoms with Gasteiger partial charge in [0.1, 0.15) is 22.8 Å². The van der Waals surface area contributed by atoms with Crippen molar-refractivity contribution in [3.8, 4) is 5.75 Å². The standard InChI is InChI=1S/C22H24N2O7/c1-8-9-5-4-6-12(25)13(9)17(26)14-10(8)7-11-16(24(2)3)18(27)15(21(23)30)20(29)22(11,31)19(14)28/h4-6,8,10-11,16,25-26,29,31H,7H2,1-3H3,(H2,23,30). The van der Waals surface area contributed by atoms with E-state index in [9.17, 15) is 34.8 Å². The second-order valence-electron chi connectivity index (χ2n) is 8.70. The highest BCUT2D eigenvalue weighted by Gasteiger charge is 2.64. The normalized spacial score (nSPS) is 32.7. The molecule has 0 spiro atoms. The number of aliphatic hydroxyl groups excluding tert-OH is 2. The summed E-state index contributed by atoms with van der Waals surface area (Å²) in [5.41, 5.74) is 2.42. The van der Waals surface area contributed by atoms with Crippen molar-refractivity contribution < 1.29 is 34.8 Å². The predicted octanol–water partition coefficient (Wildman–Crippen LogP) is 0.525. The minimum atomic E-state index is -2.62. The summed E-state index contributed by atoms with van der Waals surface area (Å²) in [5, 5.41) is 43.5. The molecule has 5 unspecified atom stereocenters. The molecule has 0 bridgehead atoms. The van der Waals surface area contributed by atoms with E-state index >= 15 is 0 Å². The summed E-state index contributed by atoms with van der Waals surface area (Å²) in [6.45, 7) is 1.83. The molecule has 0 aliphatic heterocycles. The van der Waals surface area contributed by atoms with E-state index in [1.54, 1.807) is 26.2 Å². The Bertz CT molecular complexity index is 1100. The molecule has 1 aromatic carbocycles. The maximum atomic E-state index is 13.6. The number of carbonyl (C=O) groups excluding carboxylic acids is 3. The van der Waals surface area contributed by atoms with Crippen LogP contribution < -0.4 is 5.73 Å². The number of rotatable bonds is 2. The van der Waals surface area contributed by atoms with Gasteiger partial charge in [0.25, 0.3) is 5.91 Å². The number of nitrogens with zero attached hydrogens (tertiary/aromatic N) is 1. The van der Waals surface area contributed by atoms with Gasteiger partial charge >= 0.3 is 0 Å². The van der Waals surface area contributed by atoms with Crippen LogP contribution in [-0.4, -0.2) is 68.5 Å². The van der Waals surface area contributed by atoms with Crippen LogP contribution in [0.15, 0.2) is 35.1 Å². The van der Waals surface area contributed by atoms with Crippen LogP contribution in [0.5, 0.6) is 5.75 Å². The third kappa shape index (κ3) is 2.53. The SMILES string of the molecule is CC1c2cccc(O)c2C(O)=C2C(=O)C3(O)C(O)=C(C(N)=O)C(=O)C(N(C)C)C3CC21. The molecule has 4 rings (SSSR count). The number of aromatic hydroxyl groups is 1. The lowest BCUT2D eigenvalue weighted by molar-refractivity contribution is -0.154. The van der Waals surface area contributed by atoms with Gasteiger partial charge in [-0.15, -0.1) is 0 Å². The van der Waals surface area contributed by atoms with Crippen LogP contribution in [0.2, 0.25) is 0 Å². The topological polar surface area (TPSA) is 161 Å². The fraction of sp³-hybridized carbons (Fsp3) is 0.409. The monoisotopic (exact) mass is 428 g/mol. The Kier molecular flexibility index (Phi) is 4.53. The van der Waals surface area contributed by atoms with Crippen LogP contribution in [0.4, 0.5) is 0 Å². The van der Waals surface area contributed by atoms with Crippen molar-refractivity contribution in [1.29, 1.82) is 0 Å². The Morgan fingerprint density at radius 3 is 2.42 bits per heavy atom. The van der Waals surface area contributed by atoms with Gasteiger partial charge in [0.05, 0.1) is 11.6 Å². The number of likely N-dealkylation sites (N-methyl/N-ethyl adjacent to an activating group) is 1. The molecule has 0 radical (unpaired) electrons.